The summed E-state index contributed by atoms with van der Waals surface area (Å²) in [5, 5.41) is 10.5. The standard InChI is InChI=1S/C6H9N3O6S.Na/c1-5-7-4-6(9(10)11)8(5)2-3-15-16(12,13)14;/h4H,2-3H2,1H3,(H,12,13,14);/q;+1/p-1. The number of hydrogen-bond donors (Lipinski definition) is 0. The van der Waals surface area contributed by atoms with Crippen LogP contribution in [-0.2, 0) is 21.1 Å². The molecule has 0 radical (unpaired) electrons. The number of nitrogens with zero attached hydrogens (tertiary/aromatic N) is 3. The van der Waals surface area contributed by atoms with E-state index in [-0.39, 0.29) is 41.9 Å². The minimum atomic E-state index is -4.78. The van der Waals surface area contributed by atoms with Gasteiger partial charge < -0.3 is 14.7 Å². The van der Waals surface area contributed by atoms with Crippen LogP contribution in [0.25, 0.3) is 0 Å². The van der Waals surface area contributed by atoms with E-state index >= 15 is 0 Å². The number of nitro groups is 1. The van der Waals surface area contributed by atoms with E-state index in [1.807, 2.05) is 0 Å². The third kappa shape index (κ3) is 5.10. The zero-order valence-electron chi connectivity index (χ0n) is 9.19. The first kappa shape index (κ1) is 16.5. The van der Waals surface area contributed by atoms with Crippen molar-refractivity contribution in [1.29, 1.82) is 0 Å². The molecule has 11 heteroatoms. The number of hydrogen-bond acceptors (Lipinski definition) is 7. The number of aromatic nitrogens is 2. The van der Waals surface area contributed by atoms with Crippen molar-refractivity contribution >= 4 is 16.2 Å². The zero-order valence-corrected chi connectivity index (χ0v) is 12.0. The first-order valence-corrected chi connectivity index (χ1v) is 5.41. The van der Waals surface area contributed by atoms with Crippen molar-refractivity contribution in [3.63, 3.8) is 0 Å². The normalized spacial score (nSPS) is 10.9. The fourth-order valence-corrected chi connectivity index (χ4v) is 1.39. The summed E-state index contributed by atoms with van der Waals surface area (Å²) >= 11 is 0. The van der Waals surface area contributed by atoms with Gasteiger partial charge in [0.25, 0.3) is 0 Å². The minimum Gasteiger partial charge on any atom is -0.726 e. The molecule has 0 fully saturated rings. The van der Waals surface area contributed by atoms with Gasteiger partial charge in [-0.3, -0.25) is 4.18 Å². The summed E-state index contributed by atoms with van der Waals surface area (Å²) in [5.74, 6) is 0.0444. The van der Waals surface area contributed by atoms with Crippen molar-refractivity contribution in [3.8, 4) is 0 Å². The molecule has 1 aromatic heterocycles. The van der Waals surface area contributed by atoms with Gasteiger partial charge in [-0.1, -0.05) is 0 Å². The summed E-state index contributed by atoms with van der Waals surface area (Å²) in [5.41, 5.74) is 0. The van der Waals surface area contributed by atoms with E-state index in [0.717, 1.165) is 10.8 Å². The molecule has 1 aromatic rings. The first-order valence-electron chi connectivity index (χ1n) is 4.08. The fraction of sp³-hybridized carbons (Fsp3) is 0.500. The van der Waals surface area contributed by atoms with E-state index in [2.05, 4.69) is 9.17 Å². The second-order valence-electron chi connectivity index (χ2n) is 2.80. The van der Waals surface area contributed by atoms with Gasteiger partial charge in [-0.15, -0.1) is 0 Å². The Hall–Kier alpha value is -0.520. The molecule has 0 aromatic carbocycles. The van der Waals surface area contributed by atoms with Crippen molar-refractivity contribution in [2.45, 2.75) is 13.5 Å². The summed E-state index contributed by atoms with van der Waals surface area (Å²) in [4.78, 5) is 13.5. The Bertz CT molecular complexity index is 498. The summed E-state index contributed by atoms with van der Waals surface area (Å²) in [6, 6.07) is 0. The Kier molecular flexibility index (Phi) is 6.23. The van der Waals surface area contributed by atoms with Crippen LogP contribution in [0, 0.1) is 17.0 Å². The Balaban J connectivity index is 0.00000256. The van der Waals surface area contributed by atoms with E-state index < -0.39 is 21.9 Å². The molecule has 0 saturated heterocycles. The summed E-state index contributed by atoms with van der Waals surface area (Å²) < 4.78 is 35.5. The summed E-state index contributed by atoms with van der Waals surface area (Å²) in [6.07, 6.45) is 1.04. The van der Waals surface area contributed by atoms with Gasteiger partial charge in [0, 0.05) is 6.92 Å². The van der Waals surface area contributed by atoms with Gasteiger partial charge in [0.05, 0.1) is 0 Å². The maximum Gasteiger partial charge on any atom is 1.00 e. The molecule has 90 valence electrons. The van der Waals surface area contributed by atoms with Crippen molar-refractivity contribution < 1.29 is 51.6 Å². The third-order valence-electron chi connectivity index (χ3n) is 1.76. The average molecular weight is 273 g/mol. The van der Waals surface area contributed by atoms with Crippen molar-refractivity contribution in [1.82, 2.24) is 9.55 Å². The van der Waals surface area contributed by atoms with E-state index in [0.29, 0.717) is 5.82 Å². The van der Waals surface area contributed by atoms with Gasteiger partial charge in [-0.25, -0.2) is 18.0 Å². The molecule has 0 aliphatic carbocycles. The molecule has 0 spiro atoms. The zero-order chi connectivity index (χ0) is 12.3. The van der Waals surface area contributed by atoms with Crippen molar-refractivity contribution in [3.05, 3.63) is 22.1 Å². The second kappa shape index (κ2) is 6.42. The Morgan fingerprint density at radius 3 is 2.65 bits per heavy atom. The summed E-state index contributed by atoms with van der Waals surface area (Å²) in [6.45, 7) is 0.909. The Morgan fingerprint density at radius 1 is 1.59 bits per heavy atom. The molecule has 0 bridgehead atoms. The van der Waals surface area contributed by atoms with Crippen molar-refractivity contribution in [2.24, 2.45) is 0 Å². The van der Waals surface area contributed by atoms with Crippen LogP contribution in [-0.4, -0.2) is 34.1 Å². The molecule has 0 saturated carbocycles. The van der Waals surface area contributed by atoms with Crippen LogP contribution in [0.3, 0.4) is 0 Å². The SMILES string of the molecule is Cc1ncc([N+](=O)[O-])n1CCOS(=O)(=O)[O-].[Na+]. The van der Waals surface area contributed by atoms with E-state index in [9.17, 15) is 23.1 Å². The Morgan fingerprint density at radius 2 is 2.18 bits per heavy atom. The predicted octanol–water partition coefficient (Wildman–Crippen LogP) is -3.42. The van der Waals surface area contributed by atoms with Gasteiger partial charge in [0.2, 0.25) is 10.4 Å². The average Bonchev–Trinajstić information content (AvgIpc) is 2.46. The monoisotopic (exact) mass is 273 g/mol. The van der Waals surface area contributed by atoms with E-state index in [1.165, 1.54) is 6.92 Å². The first-order chi connectivity index (χ1) is 7.31. The molecule has 0 N–H and O–H groups in total. The van der Waals surface area contributed by atoms with Crippen LogP contribution >= 0.6 is 0 Å². The number of aryl methyl sites for hydroxylation is 1. The summed E-state index contributed by atoms with van der Waals surface area (Å²) in [7, 11) is -4.78. The van der Waals surface area contributed by atoms with Gasteiger partial charge >= 0.3 is 35.4 Å². The van der Waals surface area contributed by atoms with Crippen LogP contribution in [0.5, 0.6) is 0 Å². The maximum atomic E-state index is 10.5. The largest absolute Gasteiger partial charge is 1.00 e. The molecule has 0 aliphatic heterocycles. The van der Waals surface area contributed by atoms with E-state index in [4.69, 9.17) is 0 Å². The number of rotatable bonds is 5. The van der Waals surface area contributed by atoms with Gasteiger partial charge in [0.15, 0.2) is 5.82 Å². The molecule has 0 atom stereocenters. The van der Waals surface area contributed by atoms with Crippen LogP contribution in [0.2, 0.25) is 0 Å². The maximum absolute atomic E-state index is 10.5. The Labute approximate surface area is 119 Å². The van der Waals surface area contributed by atoms with Crippen LogP contribution in [0.15, 0.2) is 6.20 Å². The molecule has 1 rings (SSSR count). The molecular formula is C6H8N3NaO6S. The quantitative estimate of drug-likeness (QED) is 0.180. The number of imidazole rings is 1. The molecular weight excluding hydrogens is 265 g/mol. The van der Waals surface area contributed by atoms with Crippen molar-refractivity contribution in [2.75, 3.05) is 6.61 Å². The topological polar surface area (TPSA) is 127 Å². The fourth-order valence-electron chi connectivity index (χ4n) is 1.11. The molecule has 0 unspecified atom stereocenters. The van der Waals surface area contributed by atoms with Crippen LogP contribution in [0.1, 0.15) is 5.82 Å². The molecule has 17 heavy (non-hydrogen) atoms. The smallest absolute Gasteiger partial charge is 0.726 e. The third-order valence-corrected chi connectivity index (χ3v) is 2.22. The second-order valence-corrected chi connectivity index (χ2v) is 3.85. The molecule has 9 nitrogen and oxygen atoms in total. The van der Waals surface area contributed by atoms with Gasteiger partial charge in [0.1, 0.15) is 19.3 Å². The van der Waals surface area contributed by atoms with Crippen LogP contribution in [0.4, 0.5) is 5.82 Å². The van der Waals surface area contributed by atoms with E-state index in [1.54, 1.807) is 0 Å². The molecule has 1 heterocycles. The molecule has 0 amide bonds. The van der Waals surface area contributed by atoms with Gasteiger partial charge in [-0.05, 0) is 4.92 Å². The molecule has 0 aliphatic rings. The minimum absolute atomic E-state index is 0. The van der Waals surface area contributed by atoms with Gasteiger partial charge in [-0.2, -0.15) is 0 Å². The van der Waals surface area contributed by atoms with Crippen LogP contribution < -0.4 is 29.6 Å². The predicted molar refractivity (Wildman–Crippen MR) is 49.3 cm³/mol.